The number of carbonyl (C=O) groups excluding carboxylic acids is 2. The number of hydrogen-bond acceptors (Lipinski definition) is 3. The van der Waals surface area contributed by atoms with E-state index in [0.29, 0.717) is 18.5 Å². The first-order valence-electron chi connectivity index (χ1n) is 8.59. The van der Waals surface area contributed by atoms with Crippen molar-refractivity contribution in [2.24, 2.45) is 5.92 Å². The van der Waals surface area contributed by atoms with Crippen LogP contribution in [0.1, 0.15) is 49.6 Å². The minimum absolute atomic E-state index is 0.0812. The highest BCUT2D eigenvalue weighted by Gasteiger charge is 2.43. The molecule has 0 bridgehead atoms. The first kappa shape index (κ1) is 16.5. The van der Waals surface area contributed by atoms with Gasteiger partial charge in [0.2, 0.25) is 0 Å². The van der Waals surface area contributed by atoms with Crippen LogP contribution in [0.25, 0.3) is 0 Å². The minimum Gasteiger partial charge on any atom is -0.335 e. The van der Waals surface area contributed by atoms with Gasteiger partial charge in [-0.3, -0.25) is 10.1 Å². The highest BCUT2D eigenvalue weighted by molar-refractivity contribution is 7.10. The van der Waals surface area contributed by atoms with Crippen molar-refractivity contribution in [1.82, 2.24) is 10.6 Å². The average Bonchev–Trinajstić information content (AvgIpc) is 3.23. The van der Waals surface area contributed by atoms with E-state index in [1.165, 1.54) is 28.2 Å². The molecule has 23 heavy (non-hydrogen) atoms. The SMILES string of the molecule is CC[C@@H](C)NC(=O)NC(=O)C[NH+]1CCc2sccc2[C@@H]1C1CC1. The molecule has 0 spiro atoms. The van der Waals surface area contributed by atoms with E-state index in [4.69, 9.17) is 0 Å². The lowest BCUT2D eigenvalue weighted by Gasteiger charge is -2.32. The molecule has 0 radical (unpaired) electrons. The Kier molecular flexibility index (Phi) is 5.02. The second-order valence-electron chi connectivity index (χ2n) is 6.78. The predicted octanol–water partition coefficient (Wildman–Crippen LogP) is 1.26. The Hall–Kier alpha value is -1.40. The highest BCUT2D eigenvalue weighted by atomic mass is 32.1. The fraction of sp³-hybridized carbons (Fsp3) is 0.647. The lowest BCUT2D eigenvalue weighted by atomic mass is 9.96. The van der Waals surface area contributed by atoms with Gasteiger partial charge >= 0.3 is 6.03 Å². The molecule has 5 nitrogen and oxygen atoms in total. The fourth-order valence-corrected chi connectivity index (χ4v) is 4.36. The summed E-state index contributed by atoms with van der Waals surface area (Å²) in [5.74, 6) is 0.533. The van der Waals surface area contributed by atoms with Gasteiger partial charge in [-0.15, -0.1) is 11.3 Å². The molecular formula is C17H26N3O2S+. The molecule has 3 atom stereocenters. The molecule has 126 valence electrons. The average molecular weight is 336 g/mol. The standard InChI is InChI=1S/C17H25N3O2S/c1-3-11(2)18-17(22)19-15(21)10-20-8-6-14-13(7-9-23-14)16(20)12-4-5-12/h7,9,11-12,16H,3-6,8,10H2,1-2H3,(H2,18,19,21,22)/p+1/t11-,16+/m1/s1. The molecule has 1 aromatic heterocycles. The van der Waals surface area contributed by atoms with Crippen LogP contribution in [0.2, 0.25) is 0 Å². The summed E-state index contributed by atoms with van der Waals surface area (Å²) in [6, 6.07) is 2.38. The zero-order valence-corrected chi connectivity index (χ0v) is 14.7. The monoisotopic (exact) mass is 336 g/mol. The molecule has 1 aliphatic carbocycles. The second-order valence-corrected chi connectivity index (χ2v) is 7.78. The van der Waals surface area contributed by atoms with Crippen LogP contribution >= 0.6 is 11.3 Å². The molecule has 0 aromatic carbocycles. The summed E-state index contributed by atoms with van der Waals surface area (Å²) in [6.45, 7) is 5.30. The number of hydrogen-bond donors (Lipinski definition) is 3. The van der Waals surface area contributed by atoms with Gasteiger partial charge in [-0.1, -0.05) is 6.92 Å². The lowest BCUT2D eigenvalue weighted by molar-refractivity contribution is -0.928. The maximum absolute atomic E-state index is 12.2. The van der Waals surface area contributed by atoms with Crippen LogP contribution < -0.4 is 15.5 Å². The van der Waals surface area contributed by atoms with E-state index in [0.717, 1.165) is 19.4 Å². The number of nitrogens with one attached hydrogen (secondary N) is 3. The van der Waals surface area contributed by atoms with Crippen molar-refractivity contribution in [1.29, 1.82) is 0 Å². The molecule has 1 aliphatic heterocycles. The number of rotatable bonds is 5. The molecule has 0 saturated heterocycles. The Balaban J connectivity index is 1.59. The van der Waals surface area contributed by atoms with E-state index in [-0.39, 0.29) is 18.0 Å². The summed E-state index contributed by atoms with van der Waals surface area (Å²) >= 11 is 1.84. The van der Waals surface area contributed by atoms with Crippen molar-refractivity contribution in [3.8, 4) is 0 Å². The van der Waals surface area contributed by atoms with E-state index < -0.39 is 0 Å². The van der Waals surface area contributed by atoms with Gasteiger partial charge in [0.05, 0.1) is 6.54 Å². The van der Waals surface area contributed by atoms with Gasteiger partial charge in [0.1, 0.15) is 6.04 Å². The fourth-order valence-electron chi connectivity index (χ4n) is 3.43. The van der Waals surface area contributed by atoms with Crippen molar-refractivity contribution in [3.05, 3.63) is 21.9 Å². The summed E-state index contributed by atoms with van der Waals surface area (Å²) in [5, 5.41) is 7.43. The van der Waals surface area contributed by atoms with Crippen molar-refractivity contribution in [3.63, 3.8) is 0 Å². The number of fused-ring (bicyclic) bond motifs is 1. The number of urea groups is 1. The van der Waals surface area contributed by atoms with Crippen molar-refractivity contribution in [2.75, 3.05) is 13.1 Å². The molecule has 2 aliphatic rings. The highest BCUT2D eigenvalue weighted by Crippen LogP contribution is 2.42. The Labute approximate surface area is 141 Å². The molecule has 3 amide bonds. The Morgan fingerprint density at radius 1 is 1.43 bits per heavy atom. The van der Waals surface area contributed by atoms with Crippen molar-refractivity contribution in [2.45, 2.75) is 51.6 Å². The van der Waals surface area contributed by atoms with Crippen LogP contribution in [0, 0.1) is 5.92 Å². The van der Waals surface area contributed by atoms with Gasteiger partial charge in [-0.05, 0) is 37.6 Å². The van der Waals surface area contributed by atoms with E-state index in [1.807, 2.05) is 25.2 Å². The van der Waals surface area contributed by atoms with E-state index in [9.17, 15) is 9.59 Å². The van der Waals surface area contributed by atoms with Crippen LogP contribution in [0.5, 0.6) is 0 Å². The summed E-state index contributed by atoms with van der Waals surface area (Å²) in [7, 11) is 0. The van der Waals surface area contributed by atoms with Gasteiger partial charge in [0.15, 0.2) is 6.54 Å². The quantitative estimate of drug-likeness (QED) is 0.758. The first-order chi connectivity index (χ1) is 11.1. The summed E-state index contributed by atoms with van der Waals surface area (Å²) in [5.41, 5.74) is 1.44. The van der Waals surface area contributed by atoms with Crippen LogP contribution in [0.4, 0.5) is 4.79 Å². The summed E-state index contributed by atoms with van der Waals surface area (Å²) in [4.78, 5) is 26.8. The lowest BCUT2D eigenvalue weighted by Crippen LogP contribution is -3.14. The molecule has 1 aromatic rings. The minimum atomic E-state index is -0.375. The molecule has 3 N–H and O–H groups in total. The van der Waals surface area contributed by atoms with E-state index in [2.05, 4.69) is 22.1 Å². The van der Waals surface area contributed by atoms with Gasteiger partial charge in [0.25, 0.3) is 5.91 Å². The normalized spacial score (nSPS) is 24.6. The number of thiophene rings is 1. The van der Waals surface area contributed by atoms with Gasteiger partial charge in [0, 0.05) is 28.8 Å². The molecular weight excluding hydrogens is 310 g/mol. The number of carbonyl (C=O) groups is 2. The van der Waals surface area contributed by atoms with Crippen LogP contribution in [0.3, 0.4) is 0 Å². The third-order valence-electron chi connectivity index (χ3n) is 4.95. The smallest absolute Gasteiger partial charge is 0.321 e. The Morgan fingerprint density at radius 2 is 2.22 bits per heavy atom. The molecule has 1 unspecified atom stereocenters. The Bertz CT molecular complexity index is 582. The molecule has 3 rings (SSSR count). The van der Waals surface area contributed by atoms with Gasteiger partial charge in [-0.25, -0.2) is 4.79 Å². The topological polar surface area (TPSA) is 62.6 Å². The van der Waals surface area contributed by atoms with Crippen LogP contribution in [-0.2, 0) is 11.2 Å². The van der Waals surface area contributed by atoms with Crippen LogP contribution in [-0.4, -0.2) is 31.1 Å². The molecule has 1 saturated carbocycles. The third kappa shape index (κ3) is 3.93. The largest absolute Gasteiger partial charge is 0.335 e. The van der Waals surface area contributed by atoms with Crippen LogP contribution in [0.15, 0.2) is 11.4 Å². The molecule has 6 heteroatoms. The maximum Gasteiger partial charge on any atom is 0.321 e. The Morgan fingerprint density at radius 3 is 2.91 bits per heavy atom. The number of amides is 3. The van der Waals surface area contributed by atoms with Gasteiger partial charge < -0.3 is 10.2 Å². The van der Waals surface area contributed by atoms with Crippen molar-refractivity contribution >= 4 is 23.3 Å². The predicted molar refractivity (Wildman–Crippen MR) is 90.6 cm³/mol. The molecule has 2 heterocycles. The summed E-state index contributed by atoms with van der Waals surface area (Å²) < 4.78 is 0. The number of quaternary nitrogens is 1. The zero-order valence-electron chi connectivity index (χ0n) is 13.9. The van der Waals surface area contributed by atoms with E-state index in [1.54, 1.807) is 0 Å². The zero-order chi connectivity index (χ0) is 16.4. The third-order valence-corrected chi connectivity index (χ3v) is 5.95. The maximum atomic E-state index is 12.2. The summed E-state index contributed by atoms with van der Waals surface area (Å²) in [6.07, 6.45) is 4.42. The first-order valence-corrected chi connectivity index (χ1v) is 9.47. The van der Waals surface area contributed by atoms with Gasteiger partial charge in [-0.2, -0.15) is 0 Å². The van der Waals surface area contributed by atoms with E-state index >= 15 is 0 Å². The van der Waals surface area contributed by atoms with Crippen molar-refractivity contribution < 1.29 is 14.5 Å². The number of imide groups is 1. The molecule has 1 fully saturated rings. The second kappa shape index (κ2) is 7.01.